The Morgan fingerprint density at radius 3 is 2.89 bits per heavy atom. The van der Waals surface area contributed by atoms with Gasteiger partial charge in [-0.1, -0.05) is 25.4 Å². The van der Waals surface area contributed by atoms with Crippen LogP contribution in [0.15, 0.2) is 42.7 Å². The van der Waals surface area contributed by atoms with Crippen LogP contribution >= 0.6 is 11.6 Å². The minimum atomic E-state index is -0.682. The van der Waals surface area contributed by atoms with E-state index in [2.05, 4.69) is 24.3 Å². The summed E-state index contributed by atoms with van der Waals surface area (Å²) < 4.78 is 27.8. The quantitative estimate of drug-likeness (QED) is 0.504. The van der Waals surface area contributed by atoms with Crippen molar-refractivity contribution in [2.24, 2.45) is 11.8 Å². The van der Waals surface area contributed by atoms with Crippen LogP contribution in [-0.4, -0.2) is 52.8 Å². The van der Waals surface area contributed by atoms with Gasteiger partial charge in [-0.2, -0.15) is 5.10 Å². The average Bonchev–Trinajstić information content (AvgIpc) is 3.26. The second kappa shape index (κ2) is 9.81. The topological polar surface area (TPSA) is 85.7 Å². The number of hydrogen-bond donors (Lipinski definition) is 1. The fourth-order valence-electron chi connectivity index (χ4n) is 4.31. The normalized spacial score (nSPS) is 15.2. The number of aromatic nitrogens is 2. The number of carbonyl (C=O) groups excluding carboxylic acids is 2. The predicted molar refractivity (Wildman–Crippen MR) is 133 cm³/mol. The molecule has 10 heteroatoms. The largest absolute Gasteiger partial charge is 0.493 e. The Kier molecular flexibility index (Phi) is 6.57. The van der Waals surface area contributed by atoms with E-state index in [4.69, 9.17) is 21.1 Å². The molecule has 0 spiro atoms. The van der Waals surface area contributed by atoms with Gasteiger partial charge in [-0.3, -0.25) is 14.3 Å². The highest BCUT2D eigenvalue weighted by Crippen LogP contribution is 2.34. The van der Waals surface area contributed by atoms with E-state index in [0.29, 0.717) is 42.1 Å². The first-order valence-corrected chi connectivity index (χ1v) is 12.1. The van der Waals surface area contributed by atoms with Gasteiger partial charge in [-0.05, 0) is 30.2 Å². The van der Waals surface area contributed by atoms with E-state index in [0.717, 1.165) is 23.7 Å². The molecule has 1 N–H and O–H groups in total. The van der Waals surface area contributed by atoms with E-state index < -0.39 is 11.7 Å². The Morgan fingerprint density at radius 1 is 1.31 bits per heavy atom. The molecule has 2 amide bonds. The fourth-order valence-corrected chi connectivity index (χ4v) is 4.49. The Labute approximate surface area is 212 Å². The number of anilines is 1. The van der Waals surface area contributed by atoms with E-state index in [1.807, 2.05) is 23.0 Å². The summed E-state index contributed by atoms with van der Waals surface area (Å²) in [5.41, 5.74) is 1.96. The maximum Gasteiger partial charge on any atom is 0.262 e. The summed E-state index contributed by atoms with van der Waals surface area (Å²) in [6, 6.07) is 7.92. The summed E-state index contributed by atoms with van der Waals surface area (Å²) in [7, 11) is 0. The standard InChI is InChI=1S/C26H26ClFN4O4/c1-15(2)9-32-12-17(8-29-32)19-5-18(27)3-4-23(19)35-13-16-10-31(11-16)26(34)20-6-22-24(7-21(20)28)36-14-25(33)30-22/h3-8,12,15-16H,9-11,13-14H2,1-2H3,(H,30,33). The first-order valence-electron chi connectivity index (χ1n) is 11.8. The minimum absolute atomic E-state index is 0.0997. The molecular formula is C26H26ClFN4O4. The zero-order valence-electron chi connectivity index (χ0n) is 20.0. The van der Waals surface area contributed by atoms with Crippen molar-refractivity contribution in [2.75, 3.05) is 31.6 Å². The lowest BCUT2D eigenvalue weighted by atomic mass is 9.99. The molecular weight excluding hydrogens is 487 g/mol. The molecule has 2 aliphatic rings. The molecule has 1 aromatic heterocycles. The van der Waals surface area contributed by atoms with Crippen LogP contribution in [0.5, 0.6) is 11.5 Å². The summed E-state index contributed by atoms with van der Waals surface area (Å²) in [4.78, 5) is 26.0. The Morgan fingerprint density at radius 2 is 2.11 bits per heavy atom. The summed E-state index contributed by atoms with van der Waals surface area (Å²) in [5.74, 6) is 0.0117. The van der Waals surface area contributed by atoms with Crippen molar-refractivity contribution in [1.29, 1.82) is 0 Å². The Bertz CT molecular complexity index is 1320. The number of likely N-dealkylation sites (tertiary alicyclic amines) is 1. The number of rotatable bonds is 7. The van der Waals surface area contributed by atoms with Crippen LogP contribution < -0.4 is 14.8 Å². The summed E-state index contributed by atoms with van der Waals surface area (Å²) in [5, 5.41) is 7.64. The van der Waals surface area contributed by atoms with Gasteiger partial charge in [0.25, 0.3) is 11.8 Å². The maximum atomic E-state index is 14.5. The van der Waals surface area contributed by atoms with Gasteiger partial charge >= 0.3 is 0 Å². The molecule has 2 aliphatic heterocycles. The molecule has 1 fully saturated rings. The van der Waals surface area contributed by atoms with E-state index in [1.165, 1.54) is 6.07 Å². The number of nitrogens with zero attached hydrogens (tertiary/aromatic N) is 3. The summed E-state index contributed by atoms with van der Waals surface area (Å²) in [6.45, 7) is 6.18. The van der Waals surface area contributed by atoms with Gasteiger partial charge in [-0.15, -0.1) is 0 Å². The highest BCUT2D eigenvalue weighted by atomic mass is 35.5. The lowest BCUT2D eigenvalue weighted by molar-refractivity contribution is -0.118. The molecule has 0 saturated carbocycles. The van der Waals surface area contributed by atoms with E-state index in [9.17, 15) is 14.0 Å². The van der Waals surface area contributed by atoms with Crippen LogP contribution in [0.1, 0.15) is 24.2 Å². The molecule has 0 unspecified atom stereocenters. The van der Waals surface area contributed by atoms with Gasteiger partial charge < -0.3 is 19.7 Å². The summed E-state index contributed by atoms with van der Waals surface area (Å²) in [6.07, 6.45) is 3.77. The summed E-state index contributed by atoms with van der Waals surface area (Å²) >= 11 is 6.25. The van der Waals surface area contributed by atoms with Crippen LogP contribution in [-0.2, 0) is 11.3 Å². The molecule has 3 heterocycles. The zero-order chi connectivity index (χ0) is 25.4. The van der Waals surface area contributed by atoms with Crippen molar-refractivity contribution < 1.29 is 23.5 Å². The van der Waals surface area contributed by atoms with Crippen molar-refractivity contribution in [3.05, 3.63) is 59.1 Å². The molecule has 3 aromatic rings. The number of amides is 2. The van der Waals surface area contributed by atoms with Crippen LogP contribution in [0, 0.1) is 17.7 Å². The monoisotopic (exact) mass is 512 g/mol. The van der Waals surface area contributed by atoms with Crippen molar-refractivity contribution in [3.8, 4) is 22.6 Å². The molecule has 8 nitrogen and oxygen atoms in total. The van der Waals surface area contributed by atoms with Crippen LogP contribution in [0.2, 0.25) is 5.02 Å². The minimum Gasteiger partial charge on any atom is -0.493 e. The zero-order valence-corrected chi connectivity index (χ0v) is 20.7. The van der Waals surface area contributed by atoms with E-state index in [1.54, 1.807) is 17.2 Å². The van der Waals surface area contributed by atoms with Gasteiger partial charge in [-0.25, -0.2) is 4.39 Å². The number of halogens is 2. The SMILES string of the molecule is CC(C)Cn1cc(-c2cc(Cl)ccc2OCC2CN(C(=O)c3cc4c(cc3F)OCC(=O)N4)C2)cn1. The van der Waals surface area contributed by atoms with Gasteiger partial charge in [0.15, 0.2) is 6.61 Å². The van der Waals surface area contributed by atoms with Crippen LogP contribution in [0.4, 0.5) is 10.1 Å². The number of fused-ring (bicyclic) bond motifs is 1. The number of nitrogens with one attached hydrogen (secondary N) is 1. The highest BCUT2D eigenvalue weighted by molar-refractivity contribution is 6.31. The van der Waals surface area contributed by atoms with Gasteiger partial charge in [0.2, 0.25) is 0 Å². The molecule has 0 atom stereocenters. The van der Waals surface area contributed by atoms with Gasteiger partial charge in [0.05, 0.1) is 24.1 Å². The maximum absolute atomic E-state index is 14.5. The molecule has 0 radical (unpaired) electrons. The van der Waals surface area contributed by atoms with Crippen LogP contribution in [0.3, 0.4) is 0 Å². The molecule has 36 heavy (non-hydrogen) atoms. The van der Waals surface area contributed by atoms with Crippen LogP contribution in [0.25, 0.3) is 11.1 Å². The van der Waals surface area contributed by atoms with Gasteiger partial charge in [0.1, 0.15) is 17.3 Å². The Hall–Kier alpha value is -3.59. The van der Waals surface area contributed by atoms with Crippen molar-refractivity contribution in [2.45, 2.75) is 20.4 Å². The van der Waals surface area contributed by atoms with E-state index >= 15 is 0 Å². The molecule has 188 valence electrons. The molecule has 0 bridgehead atoms. The Balaban J connectivity index is 1.21. The number of benzene rings is 2. The van der Waals surface area contributed by atoms with E-state index in [-0.39, 0.29) is 29.7 Å². The number of hydrogen-bond acceptors (Lipinski definition) is 5. The third kappa shape index (κ3) is 5.02. The molecule has 5 rings (SSSR count). The molecule has 2 aromatic carbocycles. The molecule has 0 aliphatic carbocycles. The lowest BCUT2D eigenvalue weighted by Crippen LogP contribution is -2.52. The second-order valence-corrected chi connectivity index (χ2v) is 9.97. The average molecular weight is 513 g/mol. The van der Waals surface area contributed by atoms with Crippen molar-refractivity contribution in [1.82, 2.24) is 14.7 Å². The number of carbonyl (C=O) groups is 2. The fraction of sp³-hybridized carbons (Fsp3) is 0.346. The van der Waals surface area contributed by atoms with Crippen molar-refractivity contribution >= 4 is 29.1 Å². The third-order valence-electron chi connectivity index (χ3n) is 6.09. The first-order chi connectivity index (χ1) is 17.3. The smallest absolute Gasteiger partial charge is 0.262 e. The highest BCUT2D eigenvalue weighted by Gasteiger charge is 2.34. The second-order valence-electron chi connectivity index (χ2n) is 9.54. The number of ether oxygens (including phenoxy) is 2. The predicted octanol–water partition coefficient (Wildman–Crippen LogP) is 4.48. The lowest BCUT2D eigenvalue weighted by Gasteiger charge is -2.39. The molecule has 1 saturated heterocycles. The third-order valence-corrected chi connectivity index (χ3v) is 6.32. The first kappa shape index (κ1) is 24.1. The van der Waals surface area contributed by atoms with Crippen molar-refractivity contribution in [3.63, 3.8) is 0 Å². The van der Waals surface area contributed by atoms with Gasteiger partial charge in [0, 0.05) is 54.0 Å².